The number of aryl methyl sites for hydroxylation is 2. The highest BCUT2D eigenvalue weighted by atomic mass is 19.3. The lowest BCUT2D eigenvalue weighted by Gasteiger charge is -2.35. The first-order chi connectivity index (χ1) is 20.0. The number of hydrogen-bond donors (Lipinski definition) is 1. The summed E-state index contributed by atoms with van der Waals surface area (Å²) in [7, 11) is 0. The largest absolute Gasteiger partial charge is 0.342 e. The lowest BCUT2D eigenvalue weighted by Crippen LogP contribution is -2.48. The average molecular weight is 585 g/mol. The molecule has 0 bridgehead atoms. The second kappa shape index (κ2) is 11.7. The zero-order chi connectivity index (χ0) is 30.2. The first-order valence-corrected chi connectivity index (χ1v) is 14.0. The van der Waals surface area contributed by atoms with Crippen LogP contribution in [0.4, 0.5) is 17.6 Å². The summed E-state index contributed by atoms with van der Waals surface area (Å²) in [4.78, 5) is 44.8. The maximum absolute atomic E-state index is 15.0. The molecule has 2 fully saturated rings. The maximum Gasteiger partial charge on any atom is 0.254 e. The summed E-state index contributed by atoms with van der Waals surface area (Å²) < 4.78 is 57.9. The molecule has 3 heterocycles. The summed E-state index contributed by atoms with van der Waals surface area (Å²) in [5.41, 5.74) is 1.52. The quantitative estimate of drug-likeness (QED) is 0.310. The number of pyridine rings is 2. The molecular formula is C31H32F4N4O3. The van der Waals surface area contributed by atoms with Gasteiger partial charge in [0.05, 0.1) is 24.7 Å². The van der Waals surface area contributed by atoms with Gasteiger partial charge in [-0.3, -0.25) is 14.4 Å². The summed E-state index contributed by atoms with van der Waals surface area (Å²) in [6.45, 7) is 3.74. The van der Waals surface area contributed by atoms with Crippen LogP contribution in [0.1, 0.15) is 66.1 Å². The van der Waals surface area contributed by atoms with Crippen LogP contribution in [0.5, 0.6) is 0 Å². The summed E-state index contributed by atoms with van der Waals surface area (Å²) in [5, 5.41) is 2.80. The van der Waals surface area contributed by atoms with Crippen molar-refractivity contribution in [2.24, 2.45) is 0 Å². The van der Waals surface area contributed by atoms with Crippen LogP contribution in [-0.4, -0.2) is 50.9 Å². The van der Waals surface area contributed by atoms with Crippen molar-refractivity contribution >= 4 is 11.8 Å². The van der Waals surface area contributed by atoms with Gasteiger partial charge in [-0.1, -0.05) is 36.4 Å². The first-order valence-electron chi connectivity index (χ1n) is 14.0. The van der Waals surface area contributed by atoms with Crippen LogP contribution in [0, 0.1) is 12.9 Å². The fourth-order valence-corrected chi connectivity index (χ4v) is 5.82. The predicted molar refractivity (Wildman–Crippen MR) is 147 cm³/mol. The van der Waals surface area contributed by atoms with E-state index < -0.39 is 60.7 Å². The second-order valence-electron chi connectivity index (χ2n) is 11.1. The zero-order valence-corrected chi connectivity index (χ0v) is 23.3. The van der Waals surface area contributed by atoms with Gasteiger partial charge in [0.2, 0.25) is 23.7 Å². The third-order valence-electron chi connectivity index (χ3n) is 8.00. The van der Waals surface area contributed by atoms with E-state index in [0.717, 1.165) is 10.5 Å². The molecular weight excluding hydrogens is 552 g/mol. The number of nitrogens with one attached hydrogen (secondary N) is 1. The third-order valence-corrected chi connectivity index (χ3v) is 8.00. The number of likely N-dealkylation sites (tertiary alicyclic amines) is 1. The number of carbonyl (C=O) groups is 2. The second-order valence-corrected chi connectivity index (χ2v) is 11.1. The van der Waals surface area contributed by atoms with Crippen LogP contribution in [0.2, 0.25) is 0 Å². The molecule has 2 aliphatic rings. The average Bonchev–Trinajstić information content (AvgIpc) is 3.34. The standard InChI is InChI=1S/C31H32F4N4O3/c1-3-38-16-18(2)11-20(30(38)42)12-26(40)39-17-22(32)13-25(39)29(41)37-27(19-7-5-4-6-8-19)24-10-9-23(28(33)36-24)21-14-31(34,35)15-21/h4-11,16,21-22,25,27H,3,12-15,17H2,1-2H3,(H,37,41). The summed E-state index contributed by atoms with van der Waals surface area (Å²) in [6, 6.07) is 11.0. The zero-order valence-electron chi connectivity index (χ0n) is 23.3. The van der Waals surface area contributed by atoms with Crippen molar-refractivity contribution in [3.63, 3.8) is 0 Å². The summed E-state index contributed by atoms with van der Waals surface area (Å²) in [5.74, 6) is -5.55. The van der Waals surface area contributed by atoms with E-state index in [4.69, 9.17) is 0 Å². The van der Waals surface area contributed by atoms with E-state index in [1.807, 2.05) is 6.92 Å². The van der Waals surface area contributed by atoms with Crippen LogP contribution in [0.3, 0.4) is 0 Å². The number of amides is 2. The van der Waals surface area contributed by atoms with E-state index in [9.17, 15) is 27.6 Å². The number of alkyl halides is 3. The normalized spacial score (nSPS) is 20.7. The van der Waals surface area contributed by atoms with Gasteiger partial charge in [-0.05, 0) is 43.0 Å². The smallest absolute Gasteiger partial charge is 0.254 e. The molecule has 1 aliphatic carbocycles. The van der Waals surface area contributed by atoms with E-state index in [0.29, 0.717) is 12.1 Å². The molecule has 3 atom stereocenters. The van der Waals surface area contributed by atoms with Gasteiger partial charge < -0.3 is 14.8 Å². The number of aromatic nitrogens is 2. The Hall–Kier alpha value is -4.02. The van der Waals surface area contributed by atoms with E-state index in [1.54, 1.807) is 49.5 Å². The third kappa shape index (κ3) is 6.10. The number of carbonyl (C=O) groups excluding carboxylic acids is 2. The molecule has 3 unspecified atom stereocenters. The van der Waals surface area contributed by atoms with Gasteiger partial charge in [0.15, 0.2) is 0 Å². The molecule has 5 rings (SSSR count). The Morgan fingerprint density at radius 3 is 2.50 bits per heavy atom. The minimum absolute atomic E-state index is 0.0916. The Labute approximate surface area is 240 Å². The van der Waals surface area contributed by atoms with Crippen molar-refractivity contribution < 1.29 is 27.2 Å². The summed E-state index contributed by atoms with van der Waals surface area (Å²) >= 11 is 0. The molecule has 1 saturated heterocycles. The van der Waals surface area contributed by atoms with Gasteiger partial charge in [-0.15, -0.1) is 0 Å². The Bertz CT molecular complexity index is 1540. The van der Waals surface area contributed by atoms with Gasteiger partial charge in [-0.2, -0.15) is 4.39 Å². The van der Waals surface area contributed by atoms with Crippen LogP contribution in [0.15, 0.2) is 59.5 Å². The van der Waals surface area contributed by atoms with Crippen molar-refractivity contribution in [3.8, 4) is 0 Å². The summed E-state index contributed by atoms with van der Waals surface area (Å²) in [6.07, 6.45) is -1.17. The van der Waals surface area contributed by atoms with Crippen molar-refractivity contribution in [2.45, 2.75) is 76.2 Å². The Balaban J connectivity index is 1.38. The molecule has 1 saturated carbocycles. The van der Waals surface area contributed by atoms with Crippen molar-refractivity contribution in [2.75, 3.05) is 6.54 Å². The molecule has 1 N–H and O–H groups in total. The maximum atomic E-state index is 15.0. The monoisotopic (exact) mass is 584 g/mol. The number of nitrogens with zero attached hydrogens (tertiary/aromatic N) is 3. The molecule has 1 aromatic carbocycles. The van der Waals surface area contributed by atoms with E-state index >= 15 is 4.39 Å². The number of benzene rings is 1. The van der Waals surface area contributed by atoms with E-state index in [1.165, 1.54) is 16.7 Å². The molecule has 1 aliphatic heterocycles. The van der Waals surface area contributed by atoms with Gasteiger partial charge >= 0.3 is 0 Å². The Morgan fingerprint density at radius 1 is 1.14 bits per heavy atom. The lowest BCUT2D eigenvalue weighted by molar-refractivity contribution is -0.138. The van der Waals surface area contributed by atoms with Crippen LogP contribution >= 0.6 is 0 Å². The van der Waals surface area contributed by atoms with Gasteiger partial charge in [-0.25, -0.2) is 18.2 Å². The molecule has 0 spiro atoms. The topological polar surface area (TPSA) is 84.3 Å². The van der Waals surface area contributed by atoms with E-state index in [-0.39, 0.29) is 41.8 Å². The highest BCUT2D eigenvalue weighted by Crippen LogP contribution is 2.48. The Morgan fingerprint density at radius 2 is 1.86 bits per heavy atom. The molecule has 2 amide bonds. The first kappa shape index (κ1) is 29.5. The molecule has 0 radical (unpaired) electrons. The minimum Gasteiger partial charge on any atom is -0.342 e. The Kier molecular flexibility index (Phi) is 8.21. The predicted octanol–water partition coefficient (Wildman–Crippen LogP) is 4.61. The van der Waals surface area contributed by atoms with Crippen LogP contribution < -0.4 is 10.9 Å². The minimum atomic E-state index is -2.82. The number of hydrogen-bond acceptors (Lipinski definition) is 4. The van der Waals surface area contributed by atoms with Crippen molar-refractivity contribution in [3.05, 3.63) is 99.0 Å². The molecule has 3 aromatic rings. The number of rotatable bonds is 8. The lowest BCUT2D eigenvalue weighted by atomic mass is 9.77. The highest BCUT2D eigenvalue weighted by molar-refractivity contribution is 5.89. The van der Waals surface area contributed by atoms with Crippen molar-refractivity contribution in [1.29, 1.82) is 0 Å². The SMILES string of the molecule is CCn1cc(C)cc(CC(=O)N2CC(F)CC2C(=O)NC(c2ccccc2)c2ccc(C3CC(F)(F)C3)c(F)n2)c1=O. The van der Waals surface area contributed by atoms with Crippen LogP contribution in [-0.2, 0) is 22.6 Å². The highest BCUT2D eigenvalue weighted by Gasteiger charge is 2.47. The number of halogens is 4. The fraction of sp³-hybridized carbons (Fsp3) is 0.419. The molecule has 11 heteroatoms. The molecule has 7 nitrogen and oxygen atoms in total. The van der Waals surface area contributed by atoms with Crippen LogP contribution in [0.25, 0.3) is 0 Å². The van der Waals surface area contributed by atoms with Gasteiger partial charge in [0.25, 0.3) is 5.56 Å². The molecule has 222 valence electrons. The van der Waals surface area contributed by atoms with Gasteiger partial charge in [0.1, 0.15) is 12.2 Å². The molecule has 2 aromatic heterocycles. The molecule has 42 heavy (non-hydrogen) atoms. The van der Waals surface area contributed by atoms with Gasteiger partial charge in [0, 0.05) is 43.1 Å². The van der Waals surface area contributed by atoms with Crippen molar-refractivity contribution in [1.82, 2.24) is 19.8 Å². The van der Waals surface area contributed by atoms with E-state index in [2.05, 4.69) is 10.3 Å². The fourth-order valence-electron chi connectivity index (χ4n) is 5.82.